The van der Waals surface area contributed by atoms with Crippen LogP contribution in [-0.2, 0) is 0 Å². The van der Waals surface area contributed by atoms with Crippen LogP contribution in [0.5, 0.6) is 5.75 Å². The quantitative estimate of drug-likeness (QED) is 0.679. The van der Waals surface area contributed by atoms with Gasteiger partial charge in [-0.2, -0.15) is 0 Å². The lowest BCUT2D eigenvalue weighted by Crippen LogP contribution is -2.43. The van der Waals surface area contributed by atoms with E-state index >= 15 is 0 Å². The van der Waals surface area contributed by atoms with E-state index in [1.54, 1.807) is 0 Å². The average molecular weight is 337 g/mol. The number of fused-ring (bicyclic) bond motifs is 6. The molecule has 0 aliphatic carbocycles. The van der Waals surface area contributed by atoms with Gasteiger partial charge in [-0.15, -0.1) is 0 Å². The van der Waals surface area contributed by atoms with Crippen LogP contribution in [0.2, 0.25) is 0 Å². The highest BCUT2D eigenvalue weighted by Crippen LogP contribution is 2.35. The maximum atomic E-state index is 14.6. The standard InChI is InChI=1S/C21H20FNO2/c22-19(18-12-23-9-7-14(18)8-10-23)13-24-15-5-6-17-16-3-1-2-4-20(16)25-21(17)11-15/h1-6,11,14H,7-10,12-13H2/b19-18+. The second kappa shape index (κ2) is 5.88. The monoisotopic (exact) mass is 337 g/mol. The van der Waals surface area contributed by atoms with Crippen molar-refractivity contribution in [1.82, 2.24) is 4.90 Å². The molecule has 0 amide bonds. The third-order valence-electron chi connectivity index (χ3n) is 5.54. The van der Waals surface area contributed by atoms with E-state index in [9.17, 15) is 4.39 Å². The molecule has 1 aromatic heterocycles. The summed E-state index contributed by atoms with van der Waals surface area (Å²) in [4.78, 5) is 2.33. The van der Waals surface area contributed by atoms with E-state index in [0.29, 0.717) is 11.7 Å². The molecule has 0 atom stereocenters. The summed E-state index contributed by atoms with van der Waals surface area (Å²) in [6.45, 7) is 2.98. The van der Waals surface area contributed by atoms with E-state index in [-0.39, 0.29) is 12.4 Å². The SMILES string of the molecule is F/C(COc1ccc2c(c1)oc1ccccc12)=C1\CN2CCC1CC2. The first-order chi connectivity index (χ1) is 12.3. The minimum atomic E-state index is -0.0981. The van der Waals surface area contributed by atoms with E-state index in [0.717, 1.165) is 60.0 Å². The highest BCUT2D eigenvalue weighted by molar-refractivity contribution is 6.05. The van der Waals surface area contributed by atoms with Crippen LogP contribution in [0.3, 0.4) is 0 Å². The average Bonchev–Trinajstić information content (AvgIpc) is 3.04. The zero-order valence-corrected chi connectivity index (χ0v) is 14.0. The van der Waals surface area contributed by atoms with E-state index in [2.05, 4.69) is 4.90 Å². The highest BCUT2D eigenvalue weighted by Gasteiger charge is 2.31. The molecule has 3 aliphatic rings. The van der Waals surface area contributed by atoms with E-state index in [1.807, 2.05) is 42.5 Å². The van der Waals surface area contributed by atoms with Crippen molar-refractivity contribution in [1.29, 1.82) is 0 Å². The van der Waals surface area contributed by atoms with Gasteiger partial charge in [-0.25, -0.2) is 4.39 Å². The molecule has 128 valence electrons. The van der Waals surface area contributed by atoms with Crippen molar-refractivity contribution >= 4 is 21.9 Å². The first-order valence-electron chi connectivity index (χ1n) is 8.92. The Morgan fingerprint density at radius 3 is 2.68 bits per heavy atom. The van der Waals surface area contributed by atoms with E-state index < -0.39 is 0 Å². The Balaban J connectivity index is 1.38. The molecular weight excluding hydrogens is 317 g/mol. The van der Waals surface area contributed by atoms with Gasteiger partial charge in [0.05, 0.1) is 0 Å². The normalized spacial score (nSPS) is 24.8. The van der Waals surface area contributed by atoms with Gasteiger partial charge >= 0.3 is 0 Å². The van der Waals surface area contributed by atoms with Crippen molar-refractivity contribution in [2.45, 2.75) is 12.8 Å². The zero-order valence-electron chi connectivity index (χ0n) is 14.0. The molecule has 3 aliphatic heterocycles. The molecule has 0 radical (unpaired) electrons. The molecule has 0 spiro atoms. The Labute approximate surface area is 145 Å². The predicted octanol–water partition coefficient (Wildman–Crippen LogP) is 4.91. The fraction of sp³-hybridized carbons (Fsp3) is 0.333. The summed E-state index contributed by atoms with van der Waals surface area (Å²) in [7, 11) is 0. The van der Waals surface area contributed by atoms with Crippen molar-refractivity contribution in [3.63, 3.8) is 0 Å². The lowest BCUT2D eigenvalue weighted by molar-refractivity contribution is 0.154. The van der Waals surface area contributed by atoms with Gasteiger partial charge in [0, 0.05) is 23.4 Å². The highest BCUT2D eigenvalue weighted by atomic mass is 19.1. The van der Waals surface area contributed by atoms with Gasteiger partial charge in [-0.05, 0) is 55.6 Å². The van der Waals surface area contributed by atoms with Crippen LogP contribution in [0.15, 0.2) is 58.3 Å². The number of rotatable bonds is 3. The largest absolute Gasteiger partial charge is 0.486 e. The molecule has 3 nitrogen and oxygen atoms in total. The van der Waals surface area contributed by atoms with Crippen LogP contribution in [0.4, 0.5) is 4.39 Å². The molecule has 3 fully saturated rings. The summed E-state index contributed by atoms with van der Waals surface area (Å²) in [6, 6.07) is 13.7. The topological polar surface area (TPSA) is 25.6 Å². The molecule has 3 aromatic rings. The van der Waals surface area contributed by atoms with Crippen LogP contribution in [-0.4, -0.2) is 31.1 Å². The third kappa shape index (κ3) is 2.61. The second-order valence-corrected chi connectivity index (χ2v) is 7.03. The number of halogens is 1. The number of para-hydroxylation sites is 1. The lowest BCUT2D eigenvalue weighted by Gasteiger charge is -2.41. The predicted molar refractivity (Wildman–Crippen MR) is 96.5 cm³/mol. The summed E-state index contributed by atoms with van der Waals surface area (Å²) in [5.41, 5.74) is 2.58. The summed E-state index contributed by atoms with van der Waals surface area (Å²) in [6.07, 6.45) is 2.15. The molecule has 6 rings (SSSR count). The maximum absolute atomic E-state index is 14.6. The fourth-order valence-electron chi connectivity index (χ4n) is 4.15. The van der Waals surface area contributed by atoms with Gasteiger partial charge in [-0.1, -0.05) is 18.2 Å². The first kappa shape index (κ1) is 15.0. The Kier molecular flexibility index (Phi) is 3.52. The zero-order chi connectivity index (χ0) is 16.8. The van der Waals surface area contributed by atoms with Gasteiger partial charge < -0.3 is 9.15 Å². The second-order valence-electron chi connectivity index (χ2n) is 7.03. The molecule has 4 heteroatoms. The third-order valence-corrected chi connectivity index (χ3v) is 5.54. The Morgan fingerprint density at radius 2 is 1.88 bits per heavy atom. The molecular formula is C21H20FNO2. The Hall–Kier alpha value is -2.33. The molecule has 2 bridgehead atoms. The molecule has 25 heavy (non-hydrogen) atoms. The van der Waals surface area contributed by atoms with Crippen molar-refractivity contribution < 1.29 is 13.5 Å². The number of hydrogen-bond acceptors (Lipinski definition) is 3. The summed E-state index contributed by atoms with van der Waals surface area (Å²) < 4.78 is 26.2. The lowest BCUT2D eigenvalue weighted by atomic mass is 9.83. The van der Waals surface area contributed by atoms with Gasteiger partial charge in [0.25, 0.3) is 0 Å². The van der Waals surface area contributed by atoms with Crippen LogP contribution in [0, 0.1) is 5.92 Å². The van der Waals surface area contributed by atoms with Crippen molar-refractivity contribution in [2.75, 3.05) is 26.2 Å². The summed E-state index contributed by atoms with van der Waals surface area (Å²) in [5.74, 6) is 0.953. The maximum Gasteiger partial charge on any atom is 0.140 e. The van der Waals surface area contributed by atoms with Gasteiger partial charge in [-0.3, -0.25) is 4.90 Å². The van der Waals surface area contributed by atoms with Gasteiger partial charge in [0.2, 0.25) is 0 Å². The van der Waals surface area contributed by atoms with Crippen molar-refractivity contribution in [2.24, 2.45) is 5.92 Å². The smallest absolute Gasteiger partial charge is 0.140 e. The Morgan fingerprint density at radius 1 is 1.08 bits per heavy atom. The number of nitrogens with zero attached hydrogens (tertiary/aromatic N) is 1. The van der Waals surface area contributed by atoms with Crippen molar-refractivity contribution in [3.8, 4) is 5.75 Å². The van der Waals surface area contributed by atoms with E-state index in [1.165, 1.54) is 0 Å². The molecule has 0 saturated carbocycles. The molecule has 4 heterocycles. The number of hydrogen-bond donors (Lipinski definition) is 0. The fourth-order valence-corrected chi connectivity index (χ4v) is 4.15. The van der Waals surface area contributed by atoms with Crippen LogP contribution in [0.25, 0.3) is 21.9 Å². The van der Waals surface area contributed by atoms with Crippen LogP contribution >= 0.6 is 0 Å². The van der Waals surface area contributed by atoms with Crippen LogP contribution < -0.4 is 4.74 Å². The number of piperidine rings is 3. The molecule has 2 aromatic carbocycles. The van der Waals surface area contributed by atoms with Crippen LogP contribution in [0.1, 0.15) is 12.8 Å². The summed E-state index contributed by atoms with van der Waals surface area (Å²) >= 11 is 0. The van der Waals surface area contributed by atoms with Crippen molar-refractivity contribution in [3.05, 3.63) is 53.9 Å². The van der Waals surface area contributed by atoms with Gasteiger partial charge in [0.15, 0.2) is 0 Å². The number of ether oxygens (including phenoxy) is 1. The first-order valence-corrected chi connectivity index (χ1v) is 8.92. The van der Waals surface area contributed by atoms with Gasteiger partial charge in [0.1, 0.15) is 29.3 Å². The molecule has 3 saturated heterocycles. The molecule has 0 N–H and O–H groups in total. The summed E-state index contributed by atoms with van der Waals surface area (Å²) in [5, 5.41) is 2.14. The number of benzene rings is 2. The number of furan rings is 1. The minimum Gasteiger partial charge on any atom is -0.486 e. The minimum absolute atomic E-state index is 0.00537. The van der Waals surface area contributed by atoms with E-state index in [4.69, 9.17) is 9.15 Å². The Bertz CT molecular complexity index is 966. The molecule has 0 unspecified atom stereocenters.